The molecule has 0 aromatic rings. The van der Waals surface area contributed by atoms with Gasteiger partial charge in [-0.2, -0.15) is 0 Å². The van der Waals surface area contributed by atoms with Crippen LogP contribution in [0.5, 0.6) is 0 Å². The maximum atomic E-state index is 10.7. The van der Waals surface area contributed by atoms with Gasteiger partial charge < -0.3 is 30.5 Å². The lowest BCUT2D eigenvalue weighted by Gasteiger charge is -2.31. The average molecular weight is 219 g/mol. The van der Waals surface area contributed by atoms with Crippen LogP contribution in [0.1, 0.15) is 6.92 Å². The largest absolute Gasteiger partial charge is 0.507 e. The first kappa shape index (κ1) is 11.9. The molecule has 0 aliphatic carbocycles. The molecule has 0 unspecified atom stereocenters. The van der Waals surface area contributed by atoms with E-state index in [0.29, 0.717) is 0 Å². The second kappa shape index (κ2) is 4.58. The van der Waals surface area contributed by atoms with Crippen molar-refractivity contribution in [3.05, 3.63) is 11.5 Å². The van der Waals surface area contributed by atoms with Crippen LogP contribution in [0.3, 0.4) is 0 Å². The van der Waals surface area contributed by atoms with E-state index in [1.165, 1.54) is 6.92 Å². The zero-order valence-corrected chi connectivity index (χ0v) is 8.04. The molecule has 0 spiro atoms. The fraction of sp³-hybridized carbons (Fsp3) is 0.625. The molecule has 0 saturated heterocycles. The monoisotopic (exact) mass is 219 g/mol. The fourth-order valence-electron chi connectivity index (χ4n) is 1.23. The fourth-order valence-corrected chi connectivity index (χ4v) is 1.23. The molecule has 15 heavy (non-hydrogen) atoms. The Bertz CT molecular complexity index is 289. The van der Waals surface area contributed by atoms with Gasteiger partial charge in [0, 0.05) is 6.92 Å². The predicted molar refractivity (Wildman–Crippen MR) is 47.4 cm³/mol. The lowest BCUT2D eigenvalue weighted by molar-refractivity contribution is -0.176. The molecular formula is C8H13NO6. The van der Waals surface area contributed by atoms with Gasteiger partial charge in [0.25, 0.3) is 0 Å². The standard InChI is InChI=1S/C8H13NO6/c1-3(11)9-5-7(13)6(12)4(2-10)15-8(5)14/h4,6,8,10,12-14H,2H2,1H3,(H,9,11)/t4-,6-,8-/m1/s1. The summed E-state index contributed by atoms with van der Waals surface area (Å²) in [5.74, 6) is -1.13. The Morgan fingerprint density at radius 3 is 2.60 bits per heavy atom. The lowest BCUT2D eigenvalue weighted by Crippen LogP contribution is -2.47. The summed E-state index contributed by atoms with van der Waals surface area (Å²) in [7, 11) is 0. The normalized spacial score (nSPS) is 31.6. The first-order chi connectivity index (χ1) is 6.97. The third-order valence-corrected chi connectivity index (χ3v) is 1.95. The van der Waals surface area contributed by atoms with Crippen LogP contribution < -0.4 is 5.32 Å². The van der Waals surface area contributed by atoms with Gasteiger partial charge in [0.2, 0.25) is 5.91 Å². The summed E-state index contributed by atoms with van der Waals surface area (Å²) in [5, 5.41) is 39.0. The summed E-state index contributed by atoms with van der Waals surface area (Å²) in [6, 6.07) is 0. The highest BCUT2D eigenvalue weighted by Gasteiger charge is 2.36. The Morgan fingerprint density at radius 1 is 1.53 bits per heavy atom. The molecule has 1 aliphatic rings. The number of aliphatic hydroxyl groups is 4. The van der Waals surface area contributed by atoms with Crippen molar-refractivity contribution in [2.75, 3.05) is 6.61 Å². The van der Waals surface area contributed by atoms with Crippen molar-refractivity contribution < 1.29 is 30.0 Å². The molecule has 0 fully saturated rings. The molecule has 1 amide bonds. The highest BCUT2D eigenvalue weighted by atomic mass is 16.6. The third-order valence-electron chi connectivity index (χ3n) is 1.95. The van der Waals surface area contributed by atoms with Crippen molar-refractivity contribution in [3.8, 4) is 0 Å². The van der Waals surface area contributed by atoms with Gasteiger partial charge >= 0.3 is 0 Å². The summed E-state index contributed by atoms with van der Waals surface area (Å²) in [6.07, 6.45) is -4.16. The van der Waals surface area contributed by atoms with Crippen LogP contribution in [-0.4, -0.2) is 51.4 Å². The summed E-state index contributed by atoms with van der Waals surface area (Å²) in [5.41, 5.74) is -0.306. The SMILES string of the molecule is CC(=O)NC1=C(O)[C@H](O)[C@@H](CO)O[C@H]1O. The van der Waals surface area contributed by atoms with Crippen molar-refractivity contribution in [3.63, 3.8) is 0 Å². The minimum absolute atomic E-state index is 0.306. The van der Waals surface area contributed by atoms with Gasteiger partial charge in [-0.05, 0) is 0 Å². The number of aliphatic hydroxyl groups excluding tert-OH is 4. The Balaban J connectivity index is 2.92. The van der Waals surface area contributed by atoms with Gasteiger partial charge in [-0.1, -0.05) is 0 Å². The Kier molecular flexibility index (Phi) is 3.64. The minimum atomic E-state index is -1.57. The van der Waals surface area contributed by atoms with Crippen molar-refractivity contribution in [1.29, 1.82) is 0 Å². The number of hydrogen-bond acceptors (Lipinski definition) is 6. The van der Waals surface area contributed by atoms with E-state index >= 15 is 0 Å². The lowest BCUT2D eigenvalue weighted by atomic mass is 10.1. The molecule has 7 heteroatoms. The Labute approximate surface area is 85.6 Å². The van der Waals surface area contributed by atoms with Crippen molar-refractivity contribution >= 4 is 5.91 Å². The molecule has 1 aliphatic heterocycles. The van der Waals surface area contributed by atoms with Crippen molar-refractivity contribution in [2.24, 2.45) is 0 Å². The molecule has 0 aromatic carbocycles. The molecule has 1 rings (SSSR count). The van der Waals surface area contributed by atoms with E-state index in [0.717, 1.165) is 0 Å². The third kappa shape index (κ3) is 2.45. The number of hydrogen-bond donors (Lipinski definition) is 5. The van der Waals surface area contributed by atoms with E-state index in [1.54, 1.807) is 0 Å². The zero-order valence-electron chi connectivity index (χ0n) is 8.04. The Hall–Kier alpha value is -1.15. The second-order valence-electron chi connectivity index (χ2n) is 3.13. The van der Waals surface area contributed by atoms with Crippen LogP contribution in [0.4, 0.5) is 0 Å². The molecule has 86 valence electrons. The second-order valence-corrected chi connectivity index (χ2v) is 3.13. The summed E-state index contributed by atoms with van der Waals surface area (Å²) < 4.78 is 4.75. The van der Waals surface area contributed by atoms with Gasteiger partial charge in [-0.25, -0.2) is 0 Å². The smallest absolute Gasteiger partial charge is 0.221 e. The predicted octanol–water partition coefficient (Wildman–Crippen LogP) is -2.04. The maximum absolute atomic E-state index is 10.7. The molecule has 1 heterocycles. The minimum Gasteiger partial charge on any atom is -0.507 e. The van der Waals surface area contributed by atoms with Crippen LogP contribution in [0.2, 0.25) is 0 Å². The van der Waals surface area contributed by atoms with Crippen LogP contribution in [0.15, 0.2) is 11.5 Å². The summed E-state index contributed by atoms with van der Waals surface area (Å²) in [6.45, 7) is 0.618. The van der Waals surface area contributed by atoms with Gasteiger partial charge in [-0.3, -0.25) is 4.79 Å². The van der Waals surface area contributed by atoms with Crippen molar-refractivity contribution in [1.82, 2.24) is 5.32 Å². The van der Waals surface area contributed by atoms with E-state index in [4.69, 9.17) is 9.84 Å². The zero-order chi connectivity index (χ0) is 11.6. The van der Waals surface area contributed by atoms with Crippen LogP contribution >= 0.6 is 0 Å². The molecule has 0 radical (unpaired) electrons. The molecule has 0 saturated carbocycles. The molecule has 3 atom stereocenters. The number of carbonyl (C=O) groups excluding carboxylic acids is 1. The number of nitrogens with one attached hydrogen (secondary N) is 1. The van der Waals surface area contributed by atoms with E-state index in [-0.39, 0.29) is 5.70 Å². The van der Waals surface area contributed by atoms with Gasteiger partial charge in [0.15, 0.2) is 6.29 Å². The summed E-state index contributed by atoms with van der Waals surface area (Å²) >= 11 is 0. The number of rotatable bonds is 2. The van der Waals surface area contributed by atoms with Gasteiger partial charge in [0.05, 0.1) is 6.61 Å². The molecule has 7 nitrogen and oxygen atoms in total. The summed E-state index contributed by atoms with van der Waals surface area (Å²) in [4.78, 5) is 10.7. The average Bonchev–Trinajstić information content (AvgIpc) is 2.18. The van der Waals surface area contributed by atoms with Crippen molar-refractivity contribution in [2.45, 2.75) is 25.4 Å². The van der Waals surface area contributed by atoms with E-state index in [2.05, 4.69) is 5.32 Å². The molecule has 5 N–H and O–H groups in total. The first-order valence-corrected chi connectivity index (χ1v) is 4.30. The number of amides is 1. The van der Waals surface area contributed by atoms with E-state index in [9.17, 15) is 20.1 Å². The van der Waals surface area contributed by atoms with Crippen LogP contribution in [-0.2, 0) is 9.53 Å². The van der Waals surface area contributed by atoms with Gasteiger partial charge in [-0.15, -0.1) is 0 Å². The topological polar surface area (TPSA) is 119 Å². The molecule has 0 aromatic heterocycles. The number of ether oxygens (including phenoxy) is 1. The quantitative estimate of drug-likeness (QED) is 0.365. The van der Waals surface area contributed by atoms with E-state index < -0.39 is 36.8 Å². The van der Waals surface area contributed by atoms with Gasteiger partial charge in [0.1, 0.15) is 23.7 Å². The van der Waals surface area contributed by atoms with Crippen LogP contribution in [0, 0.1) is 0 Å². The first-order valence-electron chi connectivity index (χ1n) is 4.30. The van der Waals surface area contributed by atoms with E-state index in [1.807, 2.05) is 0 Å². The molecular weight excluding hydrogens is 206 g/mol. The number of carbonyl (C=O) groups is 1. The molecule has 0 bridgehead atoms. The highest BCUT2D eigenvalue weighted by Crippen LogP contribution is 2.21. The highest BCUT2D eigenvalue weighted by molar-refractivity contribution is 5.75. The van der Waals surface area contributed by atoms with Crippen LogP contribution in [0.25, 0.3) is 0 Å². The Morgan fingerprint density at radius 2 is 2.13 bits per heavy atom. The maximum Gasteiger partial charge on any atom is 0.221 e.